The second-order valence-corrected chi connectivity index (χ2v) is 6.06. The van der Waals surface area contributed by atoms with Crippen LogP contribution < -0.4 is 11.5 Å². The quantitative estimate of drug-likeness (QED) is 0.533. The molecule has 4 N–H and O–H groups in total. The van der Waals surface area contributed by atoms with Crippen molar-refractivity contribution < 1.29 is 0 Å². The molecule has 4 rings (SSSR count). The lowest BCUT2D eigenvalue weighted by Crippen LogP contribution is -1.94. The fourth-order valence-corrected chi connectivity index (χ4v) is 3.04. The van der Waals surface area contributed by atoms with Gasteiger partial charge in [0.25, 0.3) is 0 Å². The molecule has 0 spiro atoms. The minimum atomic E-state index is 0.730. The van der Waals surface area contributed by atoms with Gasteiger partial charge < -0.3 is 11.5 Å². The van der Waals surface area contributed by atoms with Crippen LogP contribution in [0.1, 0.15) is 0 Å². The van der Waals surface area contributed by atoms with Crippen LogP contribution in [0.4, 0.5) is 11.4 Å². The molecule has 126 valence electrons. The van der Waals surface area contributed by atoms with Crippen molar-refractivity contribution >= 4 is 11.4 Å². The van der Waals surface area contributed by atoms with Crippen molar-refractivity contribution in [2.45, 2.75) is 0 Å². The van der Waals surface area contributed by atoms with Crippen molar-refractivity contribution in [2.75, 3.05) is 11.5 Å². The molecule has 2 aromatic heterocycles. The molecule has 4 aromatic rings. The van der Waals surface area contributed by atoms with Gasteiger partial charge in [0, 0.05) is 41.1 Å². The van der Waals surface area contributed by atoms with Gasteiger partial charge in [-0.1, -0.05) is 24.3 Å². The number of pyridine rings is 2. The van der Waals surface area contributed by atoms with Crippen LogP contribution >= 0.6 is 0 Å². The topological polar surface area (TPSA) is 77.8 Å². The van der Waals surface area contributed by atoms with Crippen molar-refractivity contribution in [3.63, 3.8) is 0 Å². The van der Waals surface area contributed by atoms with E-state index in [4.69, 9.17) is 11.5 Å². The van der Waals surface area contributed by atoms with Crippen molar-refractivity contribution in [2.24, 2.45) is 0 Å². The van der Waals surface area contributed by atoms with Crippen LogP contribution in [0.2, 0.25) is 0 Å². The smallest absolute Gasteiger partial charge is 0.0786 e. The summed E-state index contributed by atoms with van der Waals surface area (Å²) in [5, 5.41) is 0. The maximum absolute atomic E-state index is 5.88. The van der Waals surface area contributed by atoms with E-state index in [1.165, 1.54) is 0 Å². The van der Waals surface area contributed by atoms with Crippen LogP contribution in [0.15, 0.2) is 85.3 Å². The molecule has 0 bridgehead atoms. The molecule has 0 atom stereocenters. The van der Waals surface area contributed by atoms with Gasteiger partial charge in [-0.05, 0) is 59.2 Å². The number of hydrogen-bond donors (Lipinski definition) is 2. The number of anilines is 2. The molecular weight excluding hydrogens is 320 g/mol. The monoisotopic (exact) mass is 338 g/mol. The standard InChI is InChI=1S/C22H18N4/c23-18-5-1-16(2-6-18)21-20(15-9-12-25-13-10-15)11-14-26-22(21)17-3-7-19(24)8-4-17/h1-14H,23-24H2. The molecule has 0 saturated heterocycles. The van der Waals surface area contributed by atoms with Crippen LogP contribution in [0.3, 0.4) is 0 Å². The predicted octanol–water partition coefficient (Wildman–Crippen LogP) is 4.64. The molecule has 0 amide bonds. The molecule has 26 heavy (non-hydrogen) atoms. The molecule has 0 radical (unpaired) electrons. The van der Waals surface area contributed by atoms with Gasteiger partial charge >= 0.3 is 0 Å². The Labute approximate surface area is 152 Å². The number of nitrogens with two attached hydrogens (primary N) is 2. The fourth-order valence-electron chi connectivity index (χ4n) is 3.04. The summed E-state index contributed by atoms with van der Waals surface area (Å²) in [5.74, 6) is 0. The van der Waals surface area contributed by atoms with E-state index in [0.717, 1.165) is 44.9 Å². The second-order valence-electron chi connectivity index (χ2n) is 6.06. The molecule has 4 heteroatoms. The van der Waals surface area contributed by atoms with E-state index in [9.17, 15) is 0 Å². The maximum atomic E-state index is 5.88. The highest BCUT2D eigenvalue weighted by Gasteiger charge is 2.15. The van der Waals surface area contributed by atoms with Crippen LogP contribution in [0.25, 0.3) is 33.5 Å². The number of hydrogen-bond acceptors (Lipinski definition) is 4. The van der Waals surface area contributed by atoms with Gasteiger partial charge in [-0.3, -0.25) is 9.97 Å². The zero-order valence-electron chi connectivity index (χ0n) is 14.1. The molecule has 0 saturated carbocycles. The molecule has 2 heterocycles. The van der Waals surface area contributed by atoms with Gasteiger partial charge in [0.15, 0.2) is 0 Å². The molecular formula is C22H18N4. The second kappa shape index (κ2) is 6.69. The maximum Gasteiger partial charge on any atom is 0.0786 e. The van der Waals surface area contributed by atoms with Gasteiger partial charge in [-0.25, -0.2) is 0 Å². The molecule has 0 aliphatic rings. The summed E-state index contributed by atoms with van der Waals surface area (Å²) < 4.78 is 0. The zero-order valence-corrected chi connectivity index (χ0v) is 14.1. The zero-order chi connectivity index (χ0) is 17.9. The molecule has 0 unspecified atom stereocenters. The van der Waals surface area contributed by atoms with Gasteiger partial charge in [-0.15, -0.1) is 0 Å². The first-order chi connectivity index (χ1) is 12.7. The van der Waals surface area contributed by atoms with Gasteiger partial charge in [0.1, 0.15) is 0 Å². The van der Waals surface area contributed by atoms with Crippen LogP contribution in [0, 0.1) is 0 Å². The molecule has 0 aliphatic carbocycles. The summed E-state index contributed by atoms with van der Waals surface area (Å²) >= 11 is 0. The first kappa shape index (κ1) is 15.8. The predicted molar refractivity (Wildman–Crippen MR) is 107 cm³/mol. The lowest BCUT2D eigenvalue weighted by molar-refractivity contribution is 1.31. The van der Waals surface area contributed by atoms with Crippen molar-refractivity contribution in [3.05, 3.63) is 85.3 Å². The molecule has 2 aromatic carbocycles. The number of aromatic nitrogens is 2. The highest BCUT2D eigenvalue weighted by molar-refractivity contribution is 5.92. The van der Waals surface area contributed by atoms with E-state index in [-0.39, 0.29) is 0 Å². The Hall–Kier alpha value is -3.66. The van der Waals surface area contributed by atoms with E-state index >= 15 is 0 Å². The highest BCUT2D eigenvalue weighted by Crippen LogP contribution is 2.38. The molecule has 4 nitrogen and oxygen atoms in total. The third-order valence-corrected chi connectivity index (χ3v) is 4.33. The summed E-state index contributed by atoms with van der Waals surface area (Å²) in [5.41, 5.74) is 19.4. The fraction of sp³-hybridized carbons (Fsp3) is 0. The summed E-state index contributed by atoms with van der Waals surface area (Å²) in [4.78, 5) is 8.81. The molecule has 0 fully saturated rings. The summed E-state index contributed by atoms with van der Waals surface area (Å²) in [6.45, 7) is 0. The Morgan fingerprint density at radius 2 is 1.12 bits per heavy atom. The van der Waals surface area contributed by atoms with Crippen LogP contribution in [-0.2, 0) is 0 Å². The first-order valence-electron chi connectivity index (χ1n) is 8.33. The van der Waals surface area contributed by atoms with E-state index in [1.807, 2.05) is 72.9 Å². The van der Waals surface area contributed by atoms with E-state index in [2.05, 4.69) is 9.97 Å². The minimum Gasteiger partial charge on any atom is -0.399 e. The number of nitrogens with zero attached hydrogens (tertiary/aromatic N) is 2. The van der Waals surface area contributed by atoms with Crippen LogP contribution in [0.5, 0.6) is 0 Å². The third-order valence-electron chi connectivity index (χ3n) is 4.33. The van der Waals surface area contributed by atoms with Gasteiger partial charge in [0.2, 0.25) is 0 Å². The van der Waals surface area contributed by atoms with Crippen molar-refractivity contribution in [3.8, 4) is 33.5 Å². The Kier molecular flexibility index (Phi) is 4.07. The average Bonchev–Trinajstić information content (AvgIpc) is 2.69. The summed E-state index contributed by atoms with van der Waals surface area (Å²) in [6.07, 6.45) is 5.43. The van der Waals surface area contributed by atoms with E-state index in [0.29, 0.717) is 0 Å². The lowest BCUT2D eigenvalue weighted by Gasteiger charge is -2.15. The summed E-state index contributed by atoms with van der Waals surface area (Å²) in [6, 6.07) is 21.7. The molecule has 0 aliphatic heterocycles. The van der Waals surface area contributed by atoms with E-state index < -0.39 is 0 Å². The van der Waals surface area contributed by atoms with Crippen molar-refractivity contribution in [1.82, 2.24) is 9.97 Å². The largest absolute Gasteiger partial charge is 0.399 e. The SMILES string of the molecule is Nc1ccc(-c2nccc(-c3ccncc3)c2-c2ccc(N)cc2)cc1. The lowest BCUT2D eigenvalue weighted by atomic mass is 9.91. The van der Waals surface area contributed by atoms with Crippen LogP contribution in [-0.4, -0.2) is 9.97 Å². The Bertz CT molecular complexity index is 1020. The van der Waals surface area contributed by atoms with Gasteiger partial charge in [-0.2, -0.15) is 0 Å². The Balaban J connectivity index is 2.00. The first-order valence-corrected chi connectivity index (χ1v) is 8.33. The normalized spacial score (nSPS) is 10.6. The summed E-state index contributed by atoms with van der Waals surface area (Å²) in [7, 11) is 0. The van der Waals surface area contributed by atoms with Crippen molar-refractivity contribution in [1.29, 1.82) is 0 Å². The number of rotatable bonds is 3. The number of benzene rings is 2. The minimum absolute atomic E-state index is 0.730. The van der Waals surface area contributed by atoms with Gasteiger partial charge in [0.05, 0.1) is 5.69 Å². The average molecular weight is 338 g/mol. The van der Waals surface area contributed by atoms with E-state index in [1.54, 1.807) is 12.4 Å². The Morgan fingerprint density at radius 3 is 1.73 bits per heavy atom. The number of nitrogen functional groups attached to an aromatic ring is 2. The third kappa shape index (κ3) is 3.00. The highest BCUT2D eigenvalue weighted by atomic mass is 14.7. The Morgan fingerprint density at radius 1 is 0.538 bits per heavy atom.